The number of benzene rings is 6. The van der Waals surface area contributed by atoms with Crippen LogP contribution in [0.5, 0.6) is 0 Å². The number of aryl methyl sites for hydroxylation is 2. The highest BCUT2D eigenvalue weighted by atomic mass is 15.2. The molecular formula is C65H77BN2. The smallest absolute Gasteiger partial charge is 0.252 e. The minimum atomic E-state index is -0.103. The summed E-state index contributed by atoms with van der Waals surface area (Å²) in [4.78, 5) is 5.49. The molecule has 0 fully saturated rings. The molecular weight excluding hydrogens is 820 g/mol. The highest BCUT2D eigenvalue weighted by Crippen LogP contribution is 2.56. The van der Waals surface area contributed by atoms with Crippen LogP contribution in [-0.2, 0) is 37.9 Å². The van der Waals surface area contributed by atoms with Gasteiger partial charge in [0, 0.05) is 34.1 Å². The van der Waals surface area contributed by atoms with Crippen molar-refractivity contribution in [2.45, 2.75) is 188 Å². The van der Waals surface area contributed by atoms with Gasteiger partial charge in [0.15, 0.2) is 0 Å². The van der Waals surface area contributed by atoms with Crippen molar-refractivity contribution in [3.05, 3.63) is 147 Å². The molecule has 0 bridgehead atoms. The molecule has 0 amide bonds. The highest BCUT2D eigenvalue weighted by molar-refractivity contribution is 7.00. The molecule has 0 radical (unpaired) electrons. The Balaban J connectivity index is 1.30. The Morgan fingerprint density at radius 1 is 0.397 bits per heavy atom. The first kappa shape index (κ1) is 45.4. The van der Waals surface area contributed by atoms with Crippen molar-refractivity contribution < 1.29 is 0 Å². The number of nitrogens with zero attached hydrogens (tertiary/aromatic N) is 2. The number of rotatable bonds is 3. The van der Waals surface area contributed by atoms with Gasteiger partial charge in [-0.2, -0.15) is 0 Å². The summed E-state index contributed by atoms with van der Waals surface area (Å²) in [6.07, 6.45) is 5.89. The molecule has 2 heterocycles. The number of anilines is 6. The van der Waals surface area contributed by atoms with E-state index in [9.17, 15) is 0 Å². The van der Waals surface area contributed by atoms with Crippen LogP contribution in [0.15, 0.2) is 97.1 Å². The molecule has 0 atom stereocenters. The van der Waals surface area contributed by atoms with Crippen LogP contribution < -0.4 is 26.2 Å². The summed E-state index contributed by atoms with van der Waals surface area (Å²) in [5.74, 6) is 0. The van der Waals surface area contributed by atoms with E-state index in [4.69, 9.17) is 0 Å². The molecule has 0 spiro atoms. The lowest BCUT2D eigenvalue weighted by molar-refractivity contribution is 0.332. The molecule has 68 heavy (non-hydrogen) atoms. The zero-order chi connectivity index (χ0) is 48.6. The van der Waals surface area contributed by atoms with Gasteiger partial charge in [0.25, 0.3) is 6.71 Å². The molecule has 6 aromatic carbocycles. The Kier molecular flexibility index (Phi) is 9.55. The van der Waals surface area contributed by atoms with Crippen LogP contribution in [0.25, 0.3) is 11.1 Å². The fourth-order valence-electron chi connectivity index (χ4n) is 14.1. The highest BCUT2D eigenvalue weighted by Gasteiger charge is 2.49. The molecule has 0 unspecified atom stereocenters. The van der Waals surface area contributed by atoms with Crippen molar-refractivity contribution >= 4 is 57.2 Å². The van der Waals surface area contributed by atoms with Crippen molar-refractivity contribution in [2.75, 3.05) is 9.80 Å². The first-order valence-corrected chi connectivity index (χ1v) is 26.1. The zero-order valence-corrected chi connectivity index (χ0v) is 44.7. The maximum Gasteiger partial charge on any atom is 0.252 e. The van der Waals surface area contributed by atoms with E-state index in [1.165, 1.54) is 137 Å². The molecule has 3 heteroatoms. The minimum Gasteiger partial charge on any atom is -0.311 e. The lowest BCUT2D eigenvalue weighted by atomic mass is 9.33. The summed E-state index contributed by atoms with van der Waals surface area (Å²) in [6, 6.07) is 39.6. The van der Waals surface area contributed by atoms with E-state index in [0.717, 1.165) is 6.42 Å². The Morgan fingerprint density at radius 3 is 1.31 bits per heavy atom. The first-order valence-electron chi connectivity index (χ1n) is 26.1. The predicted molar refractivity (Wildman–Crippen MR) is 295 cm³/mol. The van der Waals surface area contributed by atoms with Crippen molar-refractivity contribution in [2.24, 2.45) is 0 Å². The number of hydrogen-bond donors (Lipinski definition) is 0. The topological polar surface area (TPSA) is 6.48 Å². The maximum absolute atomic E-state index is 2.77. The SMILES string of the molecule is Cc1cc2c(cc1N1c3ccc(-c4ccccc4)cc3B3c4cc5c(cc4N(c4cc6c(cc4C)C(C)(C)CC6(C)C)c4cc(C(C)(C)C)cc1c43)C(C)(C)CCC5(C)C)C(C)(C)CCC2(C)C. The van der Waals surface area contributed by atoms with Crippen LogP contribution in [0.2, 0.25) is 0 Å². The monoisotopic (exact) mass is 897 g/mol. The Hall–Kier alpha value is -5.02. The van der Waals surface area contributed by atoms with Gasteiger partial charge in [-0.15, -0.1) is 0 Å². The summed E-state index contributed by atoms with van der Waals surface area (Å²) < 4.78 is 0. The van der Waals surface area contributed by atoms with E-state index in [2.05, 4.69) is 225 Å². The second-order valence-corrected chi connectivity index (χ2v) is 27.2. The second-order valence-electron chi connectivity index (χ2n) is 27.2. The van der Waals surface area contributed by atoms with Gasteiger partial charge in [-0.05, 0) is 198 Å². The van der Waals surface area contributed by atoms with E-state index in [-0.39, 0.29) is 44.6 Å². The van der Waals surface area contributed by atoms with Gasteiger partial charge < -0.3 is 9.80 Å². The number of fused-ring (bicyclic) bond motifs is 7. The third kappa shape index (κ3) is 6.63. The lowest BCUT2D eigenvalue weighted by Gasteiger charge is -2.48. The van der Waals surface area contributed by atoms with Gasteiger partial charge in [-0.3, -0.25) is 0 Å². The Bertz CT molecular complexity index is 3110. The molecule has 0 aromatic heterocycles. The van der Waals surface area contributed by atoms with Crippen LogP contribution in [0.1, 0.15) is 186 Å². The molecule has 3 aliphatic carbocycles. The summed E-state index contributed by atoms with van der Waals surface area (Å²) >= 11 is 0. The van der Waals surface area contributed by atoms with Gasteiger partial charge in [0.05, 0.1) is 0 Å². The van der Waals surface area contributed by atoms with Crippen LogP contribution in [0, 0.1) is 13.8 Å². The van der Waals surface area contributed by atoms with Crippen molar-refractivity contribution in [3.8, 4) is 11.1 Å². The summed E-state index contributed by atoms with van der Waals surface area (Å²) in [6.45, 7) is 41.8. The molecule has 11 rings (SSSR count). The first-order chi connectivity index (χ1) is 31.6. The zero-order valence-electron chi connectivity index (χ0n) is 44.7. The molecule has 2 nitrogen and oxygen atoms in total. The molecule has 6 aromatic rings. The van der Waals surface area contributed by atoms with Crippen LogP contribution >= 0.6 is 0 Å². The summed E-state index contributed by atoms with van der Waals surface area (Å²) in [7, 11) is 0. The largest absolute Gasteiger partial charge is 0.311 e. The van der Waals surface area contributed by atoms with Crippen LogP contribution in [0.4, 0.5) is 34.1 Å². The minimum absolute atomic E-state index is 0.0275. The Morgan fingerprint density at radius 2 is 0.809 bits per heavy atom. The average Bonchev–Trinajstić information content (AvgIpc) is 3.44. The van der Waals surface area contributed by atoms with E-state index in [1.54, 1.807) is 0 Å². The van der Waals surface area contributed by atoms with Gasteiger partial charge in [-0.25, -0.2) is 0 Å². The third-order valence-corrected chi connectivity index (χ3v) is 18.3. The Labute approximate surface area is 411 Å². The molecule has 0 saturated carbocycles. The fraction of sp³-hybridized carbons (Fsp3) is 0.446. The van der Waals surface area contributed by atoms with E-state index in [1.807, 2.05) is 0 Å². The van der Waals surface area contributed by atoms with Crippen LogP contribution in [0.3, 0.4) is 0 Å². The van der Waals surface area contributed by atoms with E-state index in [0.29, 0.717) is 0 Å². The normalized spacial score (nSPS) is 20.5. The van der Waals surface area contributed by atoms with Crippen molar-refractivity contribution in [1.82, 2.24) is 0 Å². The van der Waals surface area contributed by atoms with E-state index >= 15 is 0 Å². The van der Waals surface area contributed by atoms with Crippen molar-refractivity contribution in [3.63, 3.8) is 0 Å². The molecule has 2 aliphatic heterocycles. The summed E-state index contributed by atoms with van der Waals surface area (Å²) in [5, 5.41) is 0. The molecule has 0 saturated heterocycles. The number of hydrogen-bond acceptors (Lipinski definition) is 2. The molecule has 0 N–H and O–H groups in total. The molecule has 5 aliphatic rings. The van der Waals surface area contributed by atoms with E-state index < -0.39 is 0 Å². The third-order valence-electron chi connectivity index (χ3n) is 18.3. The average molecular weight is 897 g/mol. The van der Waals surface area contributed by atoms with Crippen LogP contribution in [-0.4, -0.2) is 6.71 Å². The van der Waals surface area contributed by atoms with Gasteiger partial charge in [0.2, 0.25) is 0 Å². The van der Waals surface area contributed by atoms with Crippen molar-refractivity contribution in [1.29, 1.82) is 0 Å². The molecule has 350 valence electrons. The second kappa shape index (κ2) is 14.3. The summed E-state index contributed by atoms with van der Waals surface area (Å²) in [5.41, 5.74) is 28.2. The van der Waals surface area contributed by atoms with Gasteiger partial charge in [-0.1, -0.05) is 165 Å². The fourth-order valence-corrected chi connectivity index (χ4v) is 14.1. The quantitative estimate of drug-likeness (QED) is 0.163. The predicted octanol–water partition coefficient (Wildman–Crippen LogP) is 16.0. The lowest BCUT2D eigenvalue weighted by Crippen LogP contribution is -2.62. The maximum atomic E-state index is 2.77. The standard InChI is InChI=1S/C65H77BN2/c1-39-29-44-47(62(10,11)27-25-60(44,6)7)35-53(39)67-52-24-23-42(41-21-19-18-20-22-41)31-50(52)66-51-34-46-48(63(12,13)28-26-61(46,8)9)37-55(51)68(57-33-43(59(3,4)5)32-56(67)58(57)66)54-36-49-45(30-40(54)2)64(14,15)38-65(49,16)17/h18-24,29-37H,25-28,38H2,1-17H3. The van der Waals surface area contributed by atoms with Gasteiger partial charge >= 0.3 is 0 Å². The van der Waals surface area contributed by atoms with Gasteiger partial charge in [0.1, 0.15) is 0 Å².